The number of allylic oxidation sites excluding steroid dienone is 5. The Bertz CT molecular complexity index is 219. The Morgan fingerprint density at radius 3 is 2.70 bits per heavy atom. The standard InChI is InChI=1S/C8H8O.Co/c1-2-7-4-3-5-8(7)6-9;/h3-5H,2H2,1H3;. The van der Waals surface area contributed by atoms with E-state index in [0.29, 0.717) is 5.57 Å². The molecule has 0 aliphatic heterocycles. The van der Waals surface area contributed by atoms with Crippen LogP contribution in [-0.2, 0) is 21.6 Å². The van der Waals surface area contributed by atoms with E-state index >= 15 is 0 Å². The van der Waals surface area contributed by atoms with Gasteiger partial charge in [-0.25, -0.2) is 4.79 Å². The molecule has 0 spiro atoms. The molecule has 10 heavy (non-hydrogen) atoms. The Balaban J connectivity index is 0.000000810. The second-order valence-corrected chi connectivity index (χ2v) is 1.92. The van der Waals surface area contributed by atoms with Crippen molar-refractivity contribution in [3.63, 3.8) is 0 Å². The zero-order valence-corrected chi connectivity index (χ0v) is 6.72. The van der Waals surface area contributed by atoms with Gasteiger partial charge in [-0.3, -0.25) is 0 Å². The minimum atomic E-state index is 0. The maximum atomic E-state index is 10.1. The minimum Gasteiger partial charge on any atom is -0.233 e. The summed E-state index contributed by atoms with van der Waals surface area (Å²) in [7, 11) is 0. The van der Waals surface area contributed by atoms with Crippen molar-refractivity contribution in [1.29, 1.82) is 0 Å². The molecule has 0 N–H and O–H groups in total. The zero-order chi connectivity index (χ0) is 6.69. The Morgan fingerprint density at radius 2 is 2.30 bits per heavy atom. The van der Waals surface area contributed by atoms with Crippen LogP contribution in [0.25, 0.3) is 0 Å². The third kappa shape index (κ3) is 1.71. The van der Waals surface area contributed by atoms with Gasteiger partial charge in [-0.1, -0.05) is 19.1 Å². The molecule has 0 saturated carbocycles. The molecule has 0 atom stereocenters. The summed E-state index contributed by atoms with van der Waals surface area (Å²) in [6, 6.07) is 0. The van der Waals surface area contributed by atoms with E-state index in [1.807, 2.05) is 25.0 Å². The normalized spacial score (nSPS) is 14.1. The Kier molecular flexibility index (Phi) is 4.04. The first-order valence-corrected chi connectivity index (χ1v) is 3.01. The van der Waals surface area contributed by atoms with Gasteiger partial charge in [0.25, 0.3) is 0 Å². The average molecular weight is 179 g/mol. The maximum Gasteiger partial charge on any atom is 0.132 e. The van der Waals surface area contributed by atoms with Crippen LogP contribution in [0, 0.1) is 0 Å². The Labute approximate surface area is 70.7 Å². The Hall–Kier alpha value is -0.564. The monoisotopic (exact) mass is 179 g/mol. The molecule has 0 unspecified atom stereocenters. The summed E-state index contributed by atoms with van der Waals surface area (Å²) < 4.78 is 0. The van der Waals surface area contributed by atoms with Crippen molar-refractivity contribution in [2.75, 3.05) is 0 Å². The molecule has 1 rings (SSSR count). The number of rotatable bonds is 1. The van der Waals surface area contributed by atoms with Gasteiger partial charge in [0.05, 0.1) is 5.57 Å². The molecule has 0 aromatic rings. The van der Waals surface area contributed by atoms with Gasteiger partial charge in [0.15, 0.2) is 0 Å². The van der Waals surface area contributed by atoms with Crippen LogP contribution in [0.5, 0.6) is 0 Å². The van der Waals surface area contributed by atoms with Crippen LogP contribution in [-0.4, -0.2) is 5.94 Å². The first-order chi connectivity index (χ1) is 4.38. The molecule has 2 heteroatoms. The average Bonchev–Trinajstić information content (AvgIpc) is 2.33. The number of hydrogen-bond donors (Lipinski definition) is 0. The topological polar surface area (TPSA) is 17.1 Å². The number of carbonyl (C=O) groups excluding carboxylic acids is 1. The van der Waals surface area contributed by atoms with Crippen molar-refractivity contribution in [1.82, 2.24) is 0 Å². The van der Waals surface area contributed by atoms with Gasteiger partial charge in [-0.05, 0) is 18.1 Å². The molecule has 0 saturated heterocycles. The summed E-state index contributed by atoms with van der Waals surface area (Å²) in [6.07, 6.45) is 6.52. The van der Waals surface area contributed by atoms with Crippen LogP contribution in [0.4, 0.5) is 0 Å². The van der Waals surface area contributed by atoms with Gasteiger partial charge < -0.3 is 0 Å². The summed E-state index contributed by atoms with van der Waals surface area (Å²) in [4.78, 5) is 10.1. The van der Waals surface area contributed by atoms with Crippen LogP contribution in [0.3, 0.4) is 0 Å². The van der Waals surface area contributed by atoms with Gasteiger partial charge in [0.2, 0.25) is 0 Å². The molecular formula is C8H8CoO. The molecule has 0 heterocycles. The fourth-order valence-corrected chi connectivity index (χ4v) is 0.865. The molecule has 0 bridgehead atoms. The summed E-state index contributed by atoms with van der Waals surface area (Å²) in [5.41, 5.74) is 1.79. The second-order valence-electron chi connectivity index (χ2n) is 1.92. The third-order valence-corrected chi connectivity index (χ3v) is 1.40. The third-order valence-electron chi connectivity index (χ3n) is 1.40. The molecule has 0 fully saturated rings. The van der Waals surface area contributed by atoms with Crippen LogP contribution in [0.2, 0.25) is 0 Å². The molecule has 0 aromatic heterocycles. The molecule has 55 valence electrons. The van der Waals surface area contributed by atoms with E-state index in [1.54, 1.807) is 6.08 Å². The molecule has 1 aliphatic carbocycles. The summed E-state index contributed by atoms with van der Waals surface area (Å²) in [5, 5.41) is 0. The van der Waals surface area contributed by atoms with E-state index in [-0.39, 0.29) is 16.8 Å². The van der Waals surface area contributed by atoms with Crippen molar-refractivity contribution in [3.8, 4) is 0 Å². The molecule has 1 aliphatic rings. The van der Waals surface area contributed by atoms with Crippen molar-refractivity contribution >= 4 is 5.94 Å². The molecule has 0 amide bonds. The predicted octanol–water partition coefficient (Wildman–Crippen LogP) is 1.65. The largest absolute Gasteiger partial charge is 0.233 e. The summed E-state index contributed by atoms with van der Waals surface area (Å²) in [6.45, 7) is 2.02. The van der Waals surface area contributed by atoms with Crippen molar-refractivity contribution in [2.45, 2.75) is 13.3 Å². The van der Waals surface area contributed by atoms with Crippen LogP contribution >= 0.6 is 0 Å². The van der Waals surface area contributed by atoms with E-state index in [0.717, 1.165) is 12.0 Å². The summed E-state index contributed by atoms with van der Waals surface area (Å²) >= 11 is 0. The van der Waals surface area contributed by atoms with Crippen molar-refractivity contribution in [3.05, 3.63) is 29.4 Å². The van der Waals surface area contributed by atoms with E-state index in [9.17, 15) is 4.79 Å². The van der Waals surface area contributed by atoms with Gasteiger partial charge in [0.1, 0.15) is 5.94 Å². The maximum absolute atomic E-state index is 10.1. The molecule has 1 nitrogen and oxygen atoms in total. The van der Waals surface area contributed by atoms with Gasteiger partial charge >= 0.3 is 0 Å². The SMILES string of the molecule is CCC1=CC=CC1=C=O.[Co]. The minimum absolute atomic E-state index is 0. The van der Waals surface area contributed by atoms with Crippen LogP contribution in [0.15, 0.2) is 29.4 Å². The van der Waals surface area contributed by atoms with Crippen LogP contribution < -0.4 is 0 Å². The molecule has 0 aromatic carbocycles. The zero-order valence-electron chi connectivity index (χ0n) is 5.68. The predicted molar refractivity (Wildman–Crippen MR) is 36.7 cm³/mol. The summed E-state index contributed by atoms with van der Waals surface area (Å²) in [5.74, 6) is 1.88. The van der Waals surface area contributed by atoms with Gasteiger partial charge in [0, 0.05) is 16.8 Å². The van der Waals surface area contributed by atoms with Crippen molar-refractivity contribution < 1.29 is 21.6 Å². The van der Waals surface area contributed by atoms with E-state index in [1.165, 1.54) is 0 Å². The smallest absolute Gasteiger partial charge is 0.132 e. The molecular weight excluding hydrogens is 171 g/mol. The quantitative estimate of drug-likeness (QED) is 0.559. The first-order valence-electron chi connectivity index (χ1n) is 3.01. The Morgan fingerprint density at radius 1 is 1.60 bits per heavy atom. The molecule has 1 radical (unpaired) electrons. The van der Waals surface area contributed by atoms with E-state index in [2.05, 4.69) is 0 Å². The first kappa shape index (κ1) is 9.44. The second kappa shape index (κ2) is 4.28. The van der Waals surface area contributed by atoms with Crippen molar-refractivity contribution in [2.24, 2.45) is 0 Å². The van der Waals surface area contributed by atoms with E-state index < -0.39 is 0 Å². The van der Waals surface area contributed by atoms with Gasteiger partial charge in [-0.15, -0.1) is 0 Å². The number of hydrogen-bond acceptors (Lipinski definition) is 1. The van der Waals surface area contributed by atoms with Gasteiger partial charge in [-0.2, -0.15) is 0 Å². The fraction of sp³-hybridized carbons (Fsp3) is 0.250. The van der Waals surface area contributed by atoms with E-state index in [4.69, 9.17) is 0 Å². The fourth-order valence-electron chi connectivity index (χ4n) is 0.865. The van der Waals surface area contributed by atoms with Crippen LogP contribution in [0.1, 0.15) is 13.3 Å².